The van der Waals surface area contributed by atoms with Gasteiger partial charge in [-0.2, -0.15) is 0 Å². The van der Waals surface area contributed by atoms with Gasteiger partial charge in [0.1, 0.15) is 0 Å². The zero-order valence-electron chi connectivity index (χ0n) is 13.0. The summed E-state index contributed by atoms with van der Waals surface area (Å²) in [4.78, 5) is 14.5. The average molecular weight is 291 g/mol. The van der Waals surface area contributed by atoms with Gasteiger partial charge in [0, 0.05) is 25.3 Å². The summed E-state index contributed by atoms with van der Waals surface area (Å²) in [5, 5.41) is 2.96. The zero-order valence-corrected chi connectivity index (χ0v) is 13.0. The van der Waals surface area contributed by atoms with Gasteiger partial charge < -0.3 is 15.8 Å². The molecule has 1 aromatic rings. The molecule has 0 spiro atoms. The van der Waals surface area contributed by atoms with Crippen LogP contribution in [0.5, 0.6) is 0 Å². The molecule has 0 aliphatic carbocycles. The van der Waals surface area contributed by atoms with Gasteiger partial charge in [-0.3, -0.25) is 9.69 Å². The third-order valence-corrected chi connectivity index (χ3v) is 3.83. The SMILES string of the molecule is CC(C(=O)Nc1ccc(CN)cc1)N1C[C@@H](C)O[C@@H](C)C1. The molecule has 3 N–H and O–H groups in total. The Hall–Kier alpha value is -1.43. The first-order valence-electron chi connectivity index (χ1n) is 7.49. The van der Waals surface area contributed by atoms with E-state index in [2.05, 4.69) is 10.2 Å². The Balaban J connectivity index is 1.95. The molecule has 1 aliphatic rings. The fourth-order valence-corrected chi connectivity index (χ4v) is 2.67. The van der Waals surface area contributed by atoms with Crippen molar-refractivity contribution < 1.29 is 9.53 Å². The van der Waals surface area contributed by atoms with Gasteiger partial charge in [-0.15, -0.1) is 0 Å². The lowest BCUT2D eigenvalue weighted by Crippen LogP contribution is -2.52. The number of rotatable bonds is 4. The molecule has 0 bridgehead atoms. The number of ether oxygens (including phenoxy) is 1. The minimum atomic E-state index is -0.173. The topological polar surface area (TPSA) is 67.6 Å². The van der Waals surface area contributed by atoms with Crippen LogP contribution in [0.4, 0.5) is 5.69 Å². The molecular weight excluding hydrogens is 266 g/mol. The van der Waals surface area contributed by atoms with Crippen LogP contribution in [0.25, 0.3) is 0 Å². The summed E-state index contributed by atoms with van der Waals surface area (Å²) >= 11 is 0. The molecule has 0 saturated carbocycles. The van der Waals surface area contributed by atoms with Crippen LogP contribution in [0.3, 0.4) is 0 Å². The van der Waals surface area contributed by atoms with Gasteiger partial charge in [0.15, 0.2) is 0 Å². The summed E-state index contributed by atoms with van der Waals surface area (Å²) in [7, 11) is 0. The van der Waals surface area contributed by atoms with Crippen LogP contribution in [-0.4, -0.2) is 42.1 Å². The minimum Gasteiger partial charge on any atom is -0.373 e. The van der Waals surface area contributed by atoms with Gasteiger partial charge in [0.05, 0.1) is 18.2 Å². The lowest BCUT2D eigenvalue weighted by Gasteiger charge is -2.38. The predicted molar refractivity (Wildman–Crippen MR) is 84.0 cm³/mol. The van der Waals surface area contributed by atoms with Gasteiger partial charge in [0.25, 0.3) is 0 Å². The van der Waals surface area contributed by atoms with Crippen molar-refractivity contribution in [1.29, 1.82) is 0 Å². The number of carbonyl (C=O) groups is 1. The van der Waals surface area contributed by atoms with Crippen molar-refractivity contribution in [2.24, 2.45) is 5.73 Å². The van der Waals surface area contributed by atoms with Crippen LogP contribution < -0.4 is 11.1 Å². The molecule has 116 valence electrons. The molecule has 21 heavy (non-hydrogen) atoms. The van der Waals surface area contributed by atoms with E-state index in [4.69, 9.17) is 10.5 Å². The average Bonchev–Trinajstić information content (AvgIpc) is 2.46. The van der Waals surface area contributed by atoms with Crippen molar-refractivity contribution in [3.63, 3.8) is 0 Å². The fraction of sp³-hybridized carbons (Fsp3) is 0.562. The molecule has 0 aromatic heterocycles. The Morgan fingerprint density at radius 3 is 2.43 bits per heavy atom. The molecule has 0 radical (unpaired) electrons. The van der Waals surface area contributed by atoms with Gasteiger partial charge >= 0.3 is 0 Å². The number of hydrogen-bond donors (Lipinski definition) is 2. The highest BCUT2D eigenvalue weighted by Gasteiger charge is 2.29. The Morgan fingerprint density at radius 2 is 1.90 bits per heavy atom. The normalized spacial score (nSPS) is 24.6. The van der Waals surface area contributed by atoms with Crippen molar-refractivity contribution in [2.45, 2.75) is 45.6 Å². The van der Waals surface area contributed by atoms with Crippen molar-refractivity contribution in [3.05, 3.63) is 29.8 Å². The molecule has 1 amide bonds. The van der Waals surface area contributed by atoms with Crippen LogP contribution in [0.2, 0.25) is 0 Å². The molecule has 5 heteroatoms. The van der Waals surface area contributed by atoms with Crippen molar-refractivity contribution in [2.75, 3.05) is 18.4 Å². The van der Waals surface area contributed by atoms with E-state index in [-0.39, 0.29) is 24.2 Å². The first-order chi connectivity index (χ1) is 9.99. The smallest absolute Gasteiger partial charge is 0.241 e. The second-order valence-corrected chi connectivity index (χ2v) is 5.78. The number of hydrogen-bond acceptors (Lipinski definition) is 4. The van der Waals surface area contributed by atoms with Crippen LogP contribution in [0, 0.1) is 0 Å². The van der Waals surface area contributed by atoms with Crippen LogP contribution in [0.15, 0.2) is 24.3 Å². The second kappa shape index (κ2) is 7.02. The van der Waals surface area contributed by atoms with Crippen LogP contribution in [-0.2, 0) is 16.1 Å². The van der Waals surface area contributed by atoms with Crippen LogP contribution in [0.1, 0.15) is 26.3 Å². The standard InChI is InChI=1S/C16H25N3O2/c1-11-9-19(10-12(2)21-11)13(3)16(20)18-15-6-4-14(8-17)5-7-15/h4-7,11-13H,8-10,17H2,1-3H3,(H,18,20)/t11-,12+,13?. The number of nitrogens with two attached hydrogens (primary N) is 1. The minimum absolute atomic E-state index is 0.0109. The van der Waals surface area contributed by atoms with E-state index in [1.807, 2.05) is 45.0 Å². The second-order valence-electron chi connectivity index (χ2n) is 5.78. The summed E-state index contributed by atoms with van der Waals surface area (Å²) in [6, 6.07) is 7.46. The molecule has 1 aliphatic heterocycles. The van der Waals surface area contributed by atoms with Crippen molar-refractivity contribution >= 4 is 11.6 Å². The van der Waals surface area contributed by atoms with Crippen LogP contribution >= 0.6 is 0 Å². The summed E-state index contributed by atoms with van der Waals surface area (Å²) in [5.41, 5.74) is 7.42. The van der Waals surface area contributed by atoms with E-state index in [0.717, 1.165) is 24.3 Å². The molecule has 1 fully saturated rings. The van der Waals surface area contributed by atoms with E-state index in [0.29, 0.717) is 6.54 Å². The zero-order chi connectivity index (χ0) is 15.4. The van der Waals surface area contributed by atoms with E-state index in [1.165, 1.54) is 0 Å². The molecule has 1 unspecified atom stereocenters. The number of nitrogens with zero attached hydrogens (tertiary/aromatic N) is 1. The summed E-state index contributed by atoms with van der Waals surface area (Å²) in [5.74, 6) is 0.0109. The Bertz CT molecular complexity index is 465. The number of morpholine rings is 1. The molecule has 1 heterocycles. The van der Waals surface area contributed by atoms with Gasteiger partial charge in [0.2, 0.25) is 5.91 Å². The molecule has 5 nitrogen and oxygen atoms in total. The molecule has 3 atom stereocenters. The third kappa shape index (κ3) is 4.27. The van der Waals surface area contributed by atoms with E-state index in [9.17, 15) is 4.79 Å². The number of nitrogens with one attached hydrogen (secondary N) is 1. The number of benzene rings is 1. The molecule has 1 saturated heterocycles. The summed E-state index contributed by atoms with van der Waals surface area (Å²) in [6.07, 6.45) is 0.320. The largest absolute Gasteiger partial charge is 0.373 e. The first kappa shape index (κ1) is 15.9. The highest BCUT2D eigenvalue weighted by Crippen LogP contribution is 2.15. The van der Waals surface area contributed by atoms with E-state index in [1.54, 1.807) is 0 Å². The Kier molecular flexibility index (Phi) is 5.33. The maximum absolute atomic E-state index is 12.4. The quantitative estimate of drug-likeness (QED) is 0.884. The maximum atomic E-state index is 12.4. The van der Waals surface area contributed by atoms with Gasteiger partial charge in [-0.25, -0.2) is 0 Å². The summed E-state index contributed by atoms with van der Waals surface area (Å²) in [6.45, 7) is 8.09. The number of carbonyl (C=O) groups excluding carboxylic acids is 1. The number of amides is 1. The third-order valence-electron chi connectivity index (χ3n) is 3.83. The van der Waals surface area contributed by atoms with Gasteiger partial charge in [-0.1, -0.05) is 12.1 Å². The Labute approximate surface area is 126 Å². The maximum Gasteiger partial charge on any atom is 0.241 e. The predicted octanol–water partition coefficient (Wildman–Crippen LogP) is 1.58. The molecular formula is C16H25N3O2. The lowest BCUT2D eigenvalue weighted by molar-refractivity contribution is -0.126. The van der Waals surface area contributed by atoms with E-state index < -0.39 is 0 Å². The Morgan fingerprint density at radius 1 is 1.33 bits per heavy atom. The number of anilines is 1. The van der Waals surface area contributed by atoms with Crippen molar-refractivity contribution in [1.82, 2.24) is 4.90 Å². The highest BCUT2D eigenvalue weighted by atomic mass is 16.5. The lowest BCUT2D eigenvalue weighted by atomic mass is 10.1. The summed E-state index contributed by atoms with van der Waals surface area (Å²) < 4.78 is 5.70. The fourth-order valence-electron chi connectivity index (χ4n) is 2.67. The van der Waals surface area contributed by atoms with E-state index >= 15 is 0 Å². The monoisotopic (exact) mass is 291 g/mol. The highest BCUT2D eigenvalue weighted by molar-refractivity contribution is 5.94. The molecule has 2 rings (SSSR count). The van der Waals surface area contributed by atoms with Crippen molar-refractivity contribution in [3.8, 4) is 0 Å². The van der Waals surface area contributed by atoms with Gasteiger partial charge in [-0.05, 0) is 38.5 Å². The molecule has 1 aromatic carbocycles. The first-order valence-corrected chi connectivity index (χ1v) is 7.49.